The fraction of sp³-hybridized carbons (Fsp3) is 0.364. The van der Waals surface area contributed by atoms with Gasteiger partial charge in [-0.3, -0.25) is 0 Å². The van der Waals surface area contributed by atoms with Crippen LogP contribution in [0, 0.1) is 11.3 Å². The van der Waals surface area contributed by atoms with E-state index in [0.29, 0.717) is 18.1 Å². The van der Waals surface area contributed by atoms with Crippen LogP contribution in [0.4, 0.5) is 0 Å². The van der Waals surface area contributed by atoms with Crippen LogP contribution in [-0.2, 0) is 5.41 Å². The molecular formula is C11H10ClNO. The highest BCUT2D eigenvalue weighted by Gasteiger charge is 2.36. The molecule has 3 heteroatoms. The van der Waals surface area contributed by atoms with Crippen LogP contribution in [0.1, 0.15) is 18.9 Å². The van der Waals surface area contributed by atoms with Crippen molar-refractivity contribution in [3.05, 3.63) is 28.8 Å². The van der Waals surface area contributed by atoms with E-state index in [2.05, 4.69) is 6.07 Å². The van der Waals surface area contributed by atoms with Gasteiger partial charge < -0.3 is 4.74 Å². The van der Waals surface area contributed by atoms with Crippen LogP contribution in [0.5, 0.6) is 5.75 Å². The van der Waals surface area contributed by atoms with Crippen molar-refractivity contribution in [1.82, 2.24) is 0 Å². The minimum absolute atomic E-state index is 0.199. The van der Waals surface area contributed by atoms with Gasteiger partial charge in [0.15, 0.2) is 0 Å². The van der Waals surface area contributed by atoms with Crippen molar-refractivity contribution >= 4 is 11.6 Å². The Labute approximate surface area is 88.1 Å². The first-order valence-electron chi connectivity index (χ1n) is 4.45. The molecule has 0 saturated heterocycles. The normalized spacial score (nSPS) is 23.8. The van der Waals surface area contributed by atoms with Gasteiger partial charge in [-0.2, -0.15) is 5.26 Å². The Hall–Kier alpha value is -1.20. The molecule has 0 bridgehead atoms. The molecule has 1 aliphatic heterocycles. The van der Waals surface area contributed by atoms with E-state index >= 15 is 0 Å². The van der Waals surface area contributed by atoms with Crippen molar-refractivity contribution in [3.63, 3.8) is 0 Å². The van der Waals surface area contributed by atoms with Crippen molar-refractivity contribution in [3.8, 4) is 11.8 Å². The number of halogens is 1. The summed E-state index contributed by atoms with van der Waals surface area (Å²) in [5, 5.41) is 9.44. The highest BCUT2D eigenvalue weighted by Crippen LogP contribution is 2.41. The summed E-state index contributed by atoms with van der Waals surface area (Å²) < 4.78 is 5.51. The first-order chi connectivity index (χ1) is 6.65. The Morgan fingerprint density at radius 3 is 3.14 bits per heavy atom. The number of nitrogens with zero attached hydrogens (tertiary/aromatic N) is 1. The Morgan fingerprint density at radius 1 is 1.64 bits per heavy atom. The minimum atomic E-state index is -0.199. The van der Waals surface area contributed by atoms with Crippen LogP contribution in [-0.4, -0.2) is 6.61 Å². The highest BCUT2D eigenvalue weighted by molar-refractivity contribution is 6.30. The monoisotopic (exact) mass is 207 g/mol. The second-order valence-electron chi connectivity index (χ2n) is 3.82. The van der Waals surface area contributed by atoms with E-state index in [1.807, 2.05) is 19.1 Å². The van der Waals surface area contributed by atoms with Gasteiger partial charge in [-0.25, -0.2) is 0 Å². The highest BCUT2D eigenvalue weighted by atomic mass is 35.5. The van der Waals surface area contributed by atoms with E-state index in [0.717, 1.165) is 11.3 Å². The summed E-state index contributed by atoms with van der Waals surface area (Å²) in [6.45, 7) is 2.59. The maximum absolute atomic E-state index is 8.75. The van der Waals surface area contributed by atoms with Gasteiger partial charge in [0.1, 0.15) is 5.75 Å². The standard InChI is InChI=1S/C11H10ClNO/c1-11(4-5-13)7-14-10-3-2-8(12)6-9(10)11/h2-3,6H,4,7H2,1H3. The molecule has 0 amide bonds. The van der Waals surface area contributed by atoms with Gasteiger partial charge in [-0.05, 0) is 18.2 Å². The molecule has 0 N–H and O–H groups in total. The summed E-state index contributed by atoms with van der Waals surface area (Å²) in [5.74, 6) is 0.854. The van der Waals surface area contributed by atoms with Gasteiger partial charge in [-0.15, -0.1) is 0 Å². The number of hydrogen-bond acceptors (Lipinski definition) is 2. The number of nitriles is 1. The van der Waals surface area contributed by atoms with Gasteiger partial charge in [0.2, 0.25) is 0 Å². The largest absolute Gasteiger partial charge is 0.492 e. The molecule has 0 radical (unpaired) electrons. The number of fused-ring (bicyclic) bond motifs is 1. The second-order valence-corrected chi connectivity index (χ2v) is 4.26. The number of benzene rings is 1. The molecule has 1 aromatic rings. The Balaban J connectivity index is 2.48. The fourth-order valence-electron chi connectivity index (χ4n) is 1.74. The lowest BCUT2D eigenvalue weighted by Gasteiger charge is -2.18. The third-order valence-electron chi connectivity index (χ3n) is 2.61. The molecular weight excluding hydrogens is 198 g/mol. The van der Waals surface area contributed by atoms with E-state index in [9.17, 15) is 0 Å². The smallest absolute Gasteiger partial charge is 0.123 e. The molecule has 1 unspecified atom stereocenters. The molecule has 2 nitrogen and oxygen atoms in total. The first kappa shape index (κ1) is 9.36. The Kier molecular flexibility index (Phi) is 2.13. The Bertz CT molecular complexity index is 410. The van der Waals surface area contributed by atoms with Gasteiger partial charge >= 0.3 is 0 Å². The zero-order chi connectivity index (χ0) is 10.2. The lowest BCUT2D eigenvalue weighted by Crippen LogP contribution is -2.22. The third-order valence-corrected chi connectivity index (χ3v) is 2.84. The summed E-state index contributed by atoms with van der Waals surface area (Å²) in [6, 6.07) is 7.74. The van der Waals surface area contributed by atoms with Crippen molar-refractivity contribution in [1.29, 1.82) is 5.26 Å². The molecule has 0 spiro atoms. The molecule has 1 aromatic carbocycles. The van der Waals surface area contributed by atoms with Crippen molar-refractivity contribution in [2.24, 2.45) is 0 Å². The van der Waals surface area contributed by atoms with E-state index in [1.165, 1.54) is 0 Å². The van der Waals surface area contributed by atoms with Gasteiger partial charge in [0.05, 0.1) is 12.7 Å². The topological polar surface area (TPSA) is 33.0 Å². The molecule has 72 valence electrons. The second kappa shape index (κ2) is 3.18. The third kappa shape index (κ3) is 1.34. The molecule has 14 heavy (non-hydrogen) atoms. The summed E-state index contributed by atoms with van der Waals surface area (Å²) in [6.07, 6.45) is 0.459. The lowest BCUT2D eigenvalue weighted by atomic mass is 9.82. The molecule has 1 heterocycles. The summed E-state index contributed by atoms with van der Waals surface area (Å²) >= 11 is 5.91. The average molecular weight is 208 g/mol. The van der Waals surface area contributed by atoms with Crippen LogP contribution >= 0.6 is 11.6 Å². The van der Waals surface area contributed by atoms with Crippen LogP contribution < -0.4 is 4.74 Å². The van der Waals surface area contributed by atoms with Crippen molar-refractivity contribution in [2.75, 3.05) is 6.61 Å². The Morgan fingerprint density at radius 2 is 2.43 bits per heavy atom. The minimum Gasteiger partial charge on any atom is -0.492 e. The van der Waals surface area contributed by atoms with Crippen molar-refractivity contribution in [2.45, 2.75) is 18.8 Å². The molecule has 0 fully saturated rings. The van der Waals surface area contributed by atoms with Gasteiger partial charge in [0, 0.05) is 22.4 Å². The predicted octanol–water partition coefficient (Wildman–Crippen LogP) is 2.90. The van der Waals surface area contributed by atoms with Crippen LogP contribution in [0.25, 0.3) is 0 Å². The van der Waals surface area contributed by atoms with E-state index in [1.54, 1.807) is 6.07 Å². The van der Waals surface area contributed by atoms with Crippen molar-refractivity contribution < 1.29 is 4.74 Å². The molecule has 0 aliphatic carbocycles. The molecule has 0 aromatic heterocycles. The first-order valence-corrected chi connectivity index (χ1v) is 4.83. The van der Waals surface area contributed by atoms with Crippen LogP contribution in [0.15, 0.2) is 18.2 Å². The van der Waals surface area contributed by atoms with E-state index < -0.39 is 0 Å². The summed E-state index contributed by atoms with van der Waals surface area (Å²) in [4.78, 5) is 0. The average Bonchev–Trinajstić information content (AvgIpc) is 2.45. The molecule has 2 rings (SSSR count). The van der Waals surface area contributed by atoms with E-state index in [-0.39, 0.29) is 5.41 Å². The number of rotatable bonds is 1. The fourth-order valence-corrected chi connectivity index (χ4v) is 1.91. The van der Waals surface area contributed by atoms with Gasteiger partial charge in [-0.1, -0.05) is 18.5 Å². The zero-order valence-corrected chi connectivity index (χ0v) is 8.64. The molecule has 1 atom stereocenters. The number of hydrogen-bond donors (Lipinski definition) is 0. The maximum Gasteiger partial charge on any atom is 0.123 e. The lowest BCUT2D eigenvalue weighted by molar-refractivity contribution is 0.280. The molecule has 1 aliphatic rings. The summed E-state index contributed by atoms with van der Waals surface area (Å²) in [5.41, 5.74) is 0.848. The maximum atomic E-state index is 8.75. The molecule has 0 saturated carbocycles. The SMILES string of the molecule is CC1(CC#N)COc2ccc(Cl)cc21. The van der Waals surface area contributed by atoms with Crippen LogP contribution in [0.2, 0.25) is 5.02 Å². The van der Waals surface area contributed by atoms with Crippen LogP contribution in [0.3, 0.4) is 0 Å². The quantitative estimate of drug-likeness (QED) is 0.710. The van der Waals surface area contributed by atoms with Gasteiger partial charge in [0.25, 0.3) is 0 Å². The van der Waals surface area contributed by atoms with E-state index in [4.69, 9.17) is 21.6 Å². The number of ether oxygens (including phenoxy) is 1. The summed E-state index contributed by atoms with van der Waals surface area (Å²) in [7, 11) is 0. The predicted molar refractivity (Wildman–Crippen MR) is 54.5 cm³/mol. The zero-order valence-electron chi connectivity index (χ0n) is 7.88.